The van der Waals surface area contributed by atoms with Crippen molar-refractivity contribution < 1.29 is 4.79 Å². The first-order valence-electron chi connectivity index (χ1n) is 9.36. The number of nitrogens with one attached hydrogen (secondary N) is 1. The number of hydrogen-bond acceptors (Lipinski definition) is 5. The molecule has 2 heterocycles. The fourth-order valence-electron chi connectivity index (χ4n) is 3.27. The van der Waals surface area contributed by atoms with Crippen LogP contribution in [0, 0.1) is 13.8 Å². The third-order valence-electron chi connectivity index (χ3n) is 4.77. The van der Waals surface area contributed by atoms with Gasteiger partial charge >= 0.3 is 0 Å². The molecule has 0 spiro atoms. The van der Waals surface area contributed by atoms with E-state index in [4.69, 9.17) is 0 Å². The fraction of sp³-hybridized carbons (Fsp3) is 0.500. The molecule has 0 radical (unpaired) electrons. The number of anilines is 1. The number of benzene rings is 1. The van der Waals surface area contributed by atoms with Crippen LogP contribution >= 0.6 is 11.3 Å². The van der Waals surface area contributed by atoms with E-state index in [1.807, 2.05) is 6.92 Å². The van der Waals surface area contributed by atoms with Crippen LogP contribution in [0.15, 0.2) is 30.5 Å². The van der Waals surface area contributed by atoms with Crippen molar-refractivity contribution in [1.82, 2.24) is 15.2 Å². The predicted octanol–water partition coefficient (Wildman–Crippen LogP) is 3.09. The number of piperazine rings is 1. The Morgan fingerprint density at radius 1 is 1.19 bits per heavy atom. The number of nitrogens with zero attached hydrogens (tertiary/aromatic N) is 3. The molecular formula is C20H28N4OS. The molecule has 0 aliphatic carbocycles. The molecule has 1 aliphatic heterocycles. The Kier molecular flexibility index (Phi) is 6.63. The SMILES string of the molecule is Cc1cccc(N2CCN(CCCCNC(=O)c3cnc(C)s3)CC2)c1. The van der Waals surface area contributed by atoms with Crippen LogP contribution in [0.4, 0.5) is 5.69 Å². The van der Waals surface area contributed by atoms with E-state index in [9.17, 15) is 4.79 Å². The van der Waals surface area contributed by atoms with Gasteiger partial charge in [-0.3, -0.25) is 9.69 Å². The van der Waals surface area contributed by atoms with Crippen molar-refractivity contribution in [2.75, 3.05) is 44.2 Å². The second-order valence-electron chi connectivity index (χ2n) is 6.87. The predicted molar refractivity (Wildman–Crippen MR) is 108 cm³/mol. The lowest BCUT2D eigenvalue weighted by Crippen LogP contribution is -2.46. The molecule has 0 unspecified atom stereocenters. The van der Waals surface area contributed by atoms with E-state index in [1.54, 1.807) is 6.20 Å². The highest BCUT2D eigenvalue weighted by Crippen LogP contribution is 2.18. The number of hydrogen-bond donors (Lipinski definition) is 1. The van der Waals surface area contributed by atoms with Gasteiger partial charge in [0, 0.05) is 38.4 Å². The molecule has 5 nitrogen and oxygen atoms in total. The van der Waals surface area contributed by atoms with E-state index in [0.29, 0.717) is 4.88 Å². The highest BCUT2D eigenvalue weighted by Gasteiger charge is 2.16. The van der Waals surface area contributed by atoms with Crippen LogP contribution in [0.25, 0.3) is 0 Å². The topological polar surface area (TPSA) is 48.5 Å². The zero-order chi connectivity index (χ0) is 18.4. The Bertz CT molecular complexity index is 722. The number of thiazole rings is 1. The highest BCUT2D eigenvalue weighted by atomic mass is 32.1. The van der Waals surface area contributed by atoms with Crippen LogP contribution in [0.1, 0.15) is 33.1 Å². The number of aromatic nitrogens is 1. The van der Waals surface area contributed by atoms with Crippen LogP contribution in [-0.4, -0.2) is 55.1 Å². The molecule has 1 N–H and O–H groups in total. The van der Waals surface area contributed by atoms with Crippen molar-refractivity contribution in [3.05, 3.63) is 45.9 Å². The molecule has 0 bridgehead atoms. The summed E-state index contributed by atoms with van der Waals surface area (Å²) in [7, 11) is 0. The van der Waals surface area contributed by atoms with Crippen molar-refractivity contribution in [3.8, 4) is 0 Å². The third kappa shape index (κ3) is 5.29. The molecule has 1 aromatic heterocycles. The summed E-state index contributed by atoms with van der Waals surface area (Å²) in [6.45, 7) is 10.3. The molecule has 6 heteroatoms. The first kappa shape index (κ1) is 18.9. The third-order valence-corrected chi connectivity index (χ3v) is 5.68. The molecule has 0 saturated carbocycles. The molecule has 1 saturated heterocycles. The standard InChI is InChI=1S/C20H28N4OS/c1-16-6-5-7-18(14-16)24-12-10-23(11-13-24)9-4-3-8-21-20(25)19-15-22-17(2)26-19/h5-7,14-15H,3-4,8-13H2,1-2H3,(H,21,25). The Labute approximate surface area is 160 Å². The molecule has 3 rings (SSSR count). The van der Waals surface area contributed by atoms with Gasteiger partial charge in [-0.25, -0.2) is 4.98 Å². The maximum Gasteiger partial charge on any atom is 0.263 e. The maximum atomic E-state index is 12.0. The number of unbranched alkanes of at least 4 members (excludes halogenated alkanes) is 1. The van der Waals surface area contributed by atoms with Crippen molar-refractivity contribution in [3.63, 3.8) is 0 Å². The van der Waals surface area contributed by atoms with E-state index in [-0.39, 0.29) is 5.91 Å². The Balaban J connectivity index is 1.30. The second kappa shape index (κ2) is 9.14. The van der Waals surface area contributed by atoms with Gasteiger partial charge < -0.3 is 10.2 Å². The van der Waals surface area contributed by atoms with E-state index in [2.05, 4.69) is 51.3 Å². The quantitative estimate of drug-likeness (QED) is 0.759. The van der Waals surface area contributed by atoms with Gasteiger partial charge in [0.15, 0.2) is 0 Å². The summed E-state index contributed by atoms with van der Waals surface area (Å²) in [6, 6.07) is 8.76. The van der Waals surface area contributed by atoms with Gasteiger partial charge in [0.2, 0.25) is 0 Å². The van der Waals surface area contributed by atoms with Crippen molar-refractivity contribution in [1.29, 1.82) is 0 Å². The summed E-state index contributed by atoms with van der Waals surface area (Å²) < 4.78 is 0. The molecule has 2 aromatic rings. The van der Waals surface area contributed by atoms with Gasteiger partial charge in [-0.15, -0.1) is 11.3 Å². The van der Waals surface area contributed by atoms with E-state index >= 15 is 0 Å². The summed E-state index contributed by atoms with van der Waals surface area (Å²) in [6.07, 6.45) is 3.79. The minimum Gasteiger partial charge on any atom is -0.369 e. The molecule has 1 fully saturated rings. The van der Waals surface area contributed by atoms with Crippen molar-refractivity contribution in [2.24, 2.45) is 0 Å². The number of amides is 1. The largest absolute Gasteiger partial charge is 0.369 e. The smallest absolute Gasteiger partial charge is 0.263 e. The van der Waals surface area contributed by atoms with Crippen LogP contribution in [0.3, 0.4) is 0 Å². The lowest BCUT2D eigenvalue weighted by molar-refractivity contribution is 0.0956. The van der Waals surface area contributed by atoms with Gasteiger partial charge in [-0.2, -0.15) is 0 Å². The Morgan fingerprint density at radius 2 is 2.00 bits per heavy atom. The molecule has 0 atom stereocenters. The molecule has 1 aliphatic rings. The van der Waals surface area contributed by atoms with Crippen LogP contribution in [0.2, 0.25) is 0 Å². The molecule has 140 valence electrons. The first-order valence-corrected chi connectivity index (χ1v) is 10.2. The maximum absolute atomic E-state index is 12.0. The first-order chi connectivity index (χ1) is 12.6. The highest BCUT2D eigenvalue weighted by molar-refractivity contribution is 7.13. The second-order valence-corrected chi connectivity index (χ2v) is 8.11. The fourth-order valence-corrected chi connectivity index (χ4v) is 3.96. The number of carbonyl (C=O) groups is 1. The van der Waals surface area contributed by atoms with Crippen LogP contribution in [0.5, 0.6) is 0 Å². The average molecular weight is 373 g/mol. The lowest BCUT2D eigenvalue weighted by atomic mass is 10.2. The molecule has 1 aromatic carbocycles. The summed E-state index contributed by atoms with van der Waals surface area (Å²) in [4.78, 5) is 21.8. The Hall–Kier alpha value is -1.92. The minimum absolute atomic E-state index is 0.00219. The average Bonchev–Trinajstić information content (AvgIpc) is 3.08. The lowest BCUT2D eigenvalue weighted by Gasteiger charge is -2.36. The van der Waals surface area contributed by atoms with E-state index < -0.39 is 0 Å². The molecule has 1 amide bonds. The Morgan fingerprint density at radius 3 is 2.69 bits per heavy atom. The van der Waals surface area contributed by atoms with E-state index in [1.165, 1.54) is 22.6 Å². The zero-order valence-electron chi connectivity index (χ0n) is 15.7. The van der Waals surface area contributed by atoms with E-state index in [0.717, 1.165) is 57.1 Å². The number of carbonyl (C=O) groups excluding carboxylic acids is 1. The number of aryl methyl sites for hydroxylation is 2. The monoisotopic (exact) mass is 372 g/mol. The van der Waals surface area contributed by atoms with Gasteiger partial charge in [0.05, 0.1) is 11.2 Å². The van der Waals surface area contributed by atoms with Crippen molar-refractivity contribution in [2.45, 2.75) is 26.7 Å². The minimum atomic E-state index is 0.00219. The van der Waals surface area contributed by atoms with Gasteiger partial charge in [0.1, 0.15) is 4.88 Å². The summed E-state index contributed by atoms with van der Waals surface area (Å²) in [5.41, 5.74) is 2.66. The van der Waals surface area contributed by atoms with Crippen LogP contribution < -0.4 is 10.2 Å². The summed E-state index contributed by atoms with van der Waals surface area (Å²) in [5.74, 6) is 0.00219. The summed E-state index contributed by atoms with van der Waals surface area (Å²) in [5, 5.41) is 3.92. The van der Waals surface area contributed by atoms with Crippen molar-refractivity contribution >= 4 is 22.9 Å². The summed E-state index contributed by atoms with van der Waals surface area (Å²) >= 11 is 1.45. The van der Waals surface area contributed by atoms with Gasteiger partial charge in [-0.1, -0.05) is 12.1 Å². The normalized spacial score (nSPS) is 15.2. The molecule has 26 heavy (non-hydrogen) atoms. The number of rotatable bonds is 7. The zero-order valence-corrected chi connectivity index (χ0v) is 16.5. The van der Waals surface area contributed by atoms with Crippen LogP contribution in [-0.2, 0) is 0 Å². The van der Waals surface area contributed by atoms with Gasteiger partial charge in [-0.05, 0) is 50.9 Å². The van der Waals surface area contributed by atoms with Gasteiger partial charge in [0.25, 0.3) is 5.91 Å². The molecular weight excluding hydrogens is 344 g/mol.